The van der Waals surface area contributed by atoms with Crippen LogP contribution in [0, 0.1) is 0 Å². The van der Waals surface area contributed by atoms with Crippen LogP contribution in [0.15, 0.2) is 17.2 Å². The largest absolute Gasteiger partial charge is 0.366 e. The predicted octanol–water partition coefficient (Wildman–Crippen LogP) is 0.411. The van der Waals surface area contributed by atoms with Gasteiger partial charge in [0.1, 0.15) is 5.56 Å². The van der Waals surface area contributed by atoms with Gasteiger partial charge in [0.2, 0.25) is 5.43 Å². The number of hydrogen-bond donors (Lipinski definition) is 2. The summed E-state index contributed by atoms with van der Waals surface area (Å²) in [5.74, 6) is -1.02. The monoisotopic (exact) mass is 188 g/mol. The van der Waals surface area contributed by atoms with Gasteiger partial charge in [0, 0.05) is 12.4 Å². The molecule has 3 N–H and O–H groups in total. The summed E-state index contributed by atoms with van der Waals surface area (Å²) in [7, 11) is 0. The van der Waals surface area contributed by atoms with Crippen LogP contribution >= 0.6 is 0 Å². The van der Waals surface area contributed by atoms with E-state index >= 15 is 0 Å². The van der Waals surface area contributed by atoms with Crippen LogP contribution in [0.3, 0.4) is 0 Å². The van der Waals surface area contributed by atoms with Gasteiger partial charge in [-0.25, -0.2) is 8.78 Å². The normalized spacial score (nSPS) is 10.4. The second-order valence-corrected chi connectivity index (χ2v) is 2.32. The lowest BCUT2D eigenvalue weighted by atomic mass is 10.2. The molecule has 1 amide bonds. The van der Waals surface area contributed by atoms with Crippen molar-refractivity contribution in [3.8, 4) is 0 Å². The minimum Gasteiger partial charge on any atom is -0.366 e. The summed E-state index contributed by atoms with van der Waals surface area (Å²) in [4.78, 5) is 23.9. The van der Waals surface area contributed by atoms with E-state index in [4.69, 9.17) is 5.73 Å². The molecule has 1 aromatic heterocycles. The van der Waals surface area contributed by atoms with Gasteiger partial charge in [0.15, 0.2) is 0 Å². The third-order valence-electron chi connectivity index (χ3n) is 1.47. The molecule has 6 heteroatoms. The zero-order valence-corrected chi connectivity index (χ0v) is 6.38. The fraction of sp³-hybridized carbons (Fsp3) is 0.143. The third-order valence-corrected chi connectivity index (χ3v) is 1.47. The second kappa shape index (κ2) is 3.34. The summed E-state index contributed by atoms with van der Waals surface area (Å²) < 4.78 is 24.2. The third kappa shape index (κ3) is 1.71. The van der Waals surface area contributed by atoms with Crippen molar-refractivity contribution in [3.63, 3.8) is 0 Å². The zero-order chi connectivity index (χ0) is 10.0. The van der Waals surface area contributed by atoms with Crippen LogP contribution in [-0.4, -0.2) is 10.9 Å². The topological polar surface area (TPSA) is 76.0 Å². The lowest BCUT2D eigenvalue weighted by molar-refractivity contribution is 0.0998. The number of carbonyl (C=O) groups excluding carboxylic acids is 1. The Kier molecular flexibility index (Phi) is 2.41. The minimum absolute atomic E-state index is 0.460. The van der Waals surface area contributed by atoms with E-state index in [-0.39, 0.29) is 0 Å². The molecule has 70 valence electrons. The number of nitrogens with one attached hydrogen (secondary N) is 1. The number of halogens is 2. The van der Waals surface area contributed by atoms with Crippen LogP contribution in [0.25, 0.3) is 0 Å². The molecule has 1 rings (SSSR count). The fourth-order valence-corrected chi connectivity index (χ4v) is 0.846. The quantitative estimate of drug-likeness (QED) is 0.705. The number of aromatic nitrogens is 1. The molecule has 0 fully saturated rings. The van der Waals surface area contributed by atoms with Crippen molar-refractivity contribution in [2.24, 2.45) is 5.73 Å². The molecule has 0 aliphatic carbocycles. The van der Waals surface area contributed by atoms with Crippen LogP contribution in [0.5, 0.6) is 0 Å². The van der Waals surface area contributed by atoms with Gasteiger partial charge in [-0.3, -0.25) is 9.59 Å². The fourth-order valence-electron chi connectivity index (χ4n) is 0.846. The van der Waals surface area contributed by atoms with E-state index in [2.05, 4.69) is 4.98 Å². The number of nitrogens with two attached hydrogens (primary N) is 1. The Morgan fingerprint density at radius 2 is 2.08 bits per heavy atom. The van der Waals surface area contributed by atoms with E-state index in [1.165, 1.54) is 0 Å². The van der Waals surface area contributed by atoms with E-state index in [9.17, 15) is 18.4 Å². The Morgan fingerprint density at radius 1 is 1.46 bits per heavy atom. The lowest BCUT2D eigenvalue weighted by Crippen LogP contribution is -2.24. The van der Waals surface area contributed by atoms with Gasteiger partial charge in [-0.05, 0) is 0 Å². The molecule has 0 radical (unpaired) electrons. The number of carbonyl (C=O) groups is 1. The highest BCUT2D eigenvalue weighted by molar-refractivity contribution is 5.92. The van der Waals surface area contributed by atoms with E-state index in [0.29, 0.717) is 0 Å². The summed E-state index contributed by atoms with van der Waals surface area (Å²) in [6.45, 7) is 0. The molecule has 1 aromatic rings. The highest BCUT2D eigenvalue weighted by Gasteiger charge is 2.16. The van der Waals surface area contributed by atoms with Gasteiger partial charge in [-0.2, -0.15) is 0 Å². The first-order chi connectivity index (χ1) is 6.04. The summed E-state index contributed by atoms with van der Waals surface area (Å²) in [6, 6.07) is 0. The molecule has 13 heavy (non-hydrogen) atoms. The first kappa shape index (κ1) is 9.37. The first-order valence-corrected chi connectivity index (χ1v) is 3.33. The highest BCUT2D eigenvalue weighted by Crippen LogP contribution is 2.13. The number of pyridine rings is 1. The number of rotatable bonds is 2. The SMILES string of the molecule is NC(=O)c1c[nH]cc(C(F)F)c1=O. The van der Waals surface area contributed by atoms with E-state index in [0.717, 1.165) is 12.4 Å². The van der Waals surface area contributed by atoms with Gasteiger partial charge < -0.3 is 10.7 Å². The molecule has 1 heterocycles. The average Bonchev–Trinajstić information content (AvgIpc) is 2.03. The molecule has 0 atom stereocenters. The van der Waals surface area contributed by atoms with Crippen LogP contribution < -0.4 is 11.2 Å². The molecule has 4 nitrogen and oxygen atoms in total. The van der Waals surface area contributed by atoms with Crippen molar-refractivity contribution in [2.75, 3.05) is 0 Å². The molecule has 0 saturated heterocycles. The summed E-state index contributed by atoms with van der Waals surface area (Å²) in [6.07, 6.45) is -1.07. The molecular weight excluding hydrogens is 182 g/mol. The predicted molar refractivity (Wildman–Crippen MR) is 40.5 cm³/mol. The van der Waals surface area contributed by atoms with E-state index in [1.54, 1.807) is 0 Å². The smallest absolute Gasteiger partial charge is 0.269 e. The van der Waals surface area contributed by atoms with Crippen LogP contribution in [0.1, 0.15) is 22.3 Å². The Bertz CT molecular complexity index is 386. The van der Waals surface area contributed by atoms with E-state index in [1.807, 2.05) is 0 Å². The number of hydrogen-bond acceptors (Lipinski definition) is 2. The van der Waals surface area contributed by atoms with E-state index < -0.39 is 28.9 Å². The summed E-state index contributed by atoms with van der Waals surface area (Å²) in [5, 5.41) is 0. The maximum absolute atomic E-state index is 12.1. The van der Waals surface area contributed by atoms with Crippen molar-refractivity contribution >= 4 is 5.91 Å². The molecular formula is C7H6F2N2O2. The van der Waals surface area contributed by atoms with Gasteiger partial charge >= 0.3 is 0 Å². The zero-order valence-electron chi connectivity index (χ0n) is 6.38. The van der Waals surface area contributed by atoms with Crippen molar-refractivity contribution in [2.45, 2.75) is 6.43 Å². The number of H-pyrrole nitrogens is 1. The maximum atomic E-state index is 12.1. The molecule has 0 bridgehead atoms. The number of amides is 1. The maximum Gasteiger partial charge on any atom is 0.269 e. The number of alkyl halides is 2. The van der Waals surface area contributed by atoms with Crippen LogP contribution in [-0.2, 0) is 0 Å². The number of primary amides is 1. The van der Waals surface area contributed by atoms with Gasteiger partial charge in [0.25, 0.3) is 12.3 Å². The first-order valence-electron chi connectivity index (χ1n) is 3.33. The Morgan fingerprint density at radius 3 is 2.54 bits per heavy atom. The van der Waals surface area contributed by atoms with Gasteiger partial charge in [-0.15, -0.1) is 0 Å². The molecule has 0 aliphatic heterocycles. The van der Waals surface area contributed by atoms with Crippen molar-refractivity contribution in [3.05, 3.63) is 33.7 Å². The molecule has 0 aromatic carbocycles. The number of aromatic amines is 1. The Labute approximate surface area is 71.4 Å². The minimum atomic E-state index is -2.91. The molecule has 0 unspecified atom stereocenters. The van der Waals surface area contributed by atoms with Crippen LogP contribution in [0.4, 0.5) is 8.78 Å². The Balaban J connectivity index is 3.36. The average molecular weight is 188 g/mol. The lowest BCUT2D eigenvalue weighted by Gasteiger charge is -1.99. The van der Waals surface area contributed by atoms with Crippen LogP contribution in [0.2, 0.25) is 0 Å². The van der Waals surface area contributed by atoms with Crippen molar-refractivity contribution in [1.29, 1.82) is 0 Å². The summed E-state index contributed by atoms with van der Waals surface area (Å²) >= 11 is 0. The molecule has 0 aliphatic rings. The highest BCUT2D eigenvalue weighted by atomic mass is 19.3. The Hall–Kier alpha value is -1.72. The summed E-state index contributed by atoms with van der Waals surface area (Å²) in [5.41, 5.74) is 2.54. The standard InChI is InChI=1S/C7H6F2N2O2/c8-6(9)3-1-11-2-4(5(3)12)7(10)13/h1-2,6H,(H2,10,13)(H,11,12). The van der Waals surface area contributed by atoms with Gasteiger partial charge in [0.05, 0.1) is 5.56 Å². The van der Waals surface area contributed by atoms with Crippen molar-refractivity contribution < 1.29 is 13.6 Å². The second-order valence-electron chi connectivity index (χ2n) is 2.32. The van der Waals surface area contributed by atoms with Crippen molar-refractivity contribution in [1.82, 2.24) is 4.98 Å². The molecule has 0 saturated carbocycles. The molecule has 0 spiro atoms. The van der Waals surface area contributed by atoms with Gasteiger partial charge in [-0.1, -0.05) is 0 Å².